The maximum atomic E-state index is 13.5. The summed E-state index contributed by atoms with van der Waals surface area (Å²) in [6.45, 7) is 2.91. The fourth-order valence-electron chi connectivity index (χ4n) is 3.47. The van der Waals surface area contributed by atoms with Gasteiger partial charge < -0.3 is 19.7 Å². The summed E-state index contributed by atoms with van der Waals surface area (Å²) in [7, 11) is 3.20. The van der Waals surface area contributed by atoms with Crippen molar-refractivity contribution < 1.29 is 18.7 Å². The summed E-state index contributed by atoms with van der Waals surface area (Å²) >= 11 is 5.86. The standard InChI is InChI=1S/C23H25ClFN3O3/c1-15(19-14-26-22(31-3)18-8-5-4-7-17(18)19)28(11-6-12-30-2)23(29)27-16-9-10-21(25)20(24)13-16/h4-5,7-10,13-15H,6,11-12H2,1-3H3,(H,27,29)/t15-/m0/s1. The highest BCUT2D eigenvalue weighted by Gasteiger charge is 2.24. The maximum absolute atomic E-state index is 13.5. The molecule has 0 aliphatic heterocycles. The van der Waals surface area contributed by atoms with Crippen LogP contribution in [0.15, 0.2) is 48.7 Å². The van der Waals surface area contributed by atoms with E-state index in [2.05, 4.69) is 10.3 Å². The molecule has 0 saturated heterocycles. The van der Waals surface area contributed by atoms with E-state index in [1.807, 2.05) is 31.2 Å². The van der Waals surface area contributed by atoms with Crippen molar-refractivity contribution in [2.75, 3.05) is 32.7 Å². The average molecular weight is 446 g/mol. The van der Waals surface area contributed by atoms with Gasteiger partial charge in [0.1, 0.15) is 5.82 Å². The zero-order valence-electron chi connectivity index (χ0n) is 17.7. The molecule has 8 heteroatoms. The molecule has 0 spiro atoms. The molecule has 0 unspecified atom stereocenters. The number of carbonyl (C=O) groups excluding carboxylic acids is 1. The van der Waals surface area contributed by atoms with Gasteiger partial charge in [0.25, 0.3) is 0 Å². The monoisotopic (exact) mass is 445 g/mol. The maximum Gasteiger partial charge on any atom is 0.322 e. The van der Waals surface area contributed by atoms with Crippen molar-refractivity contribution in [2.24, 2.45) is 0 Å². The summed E-state index contributed by atoms with van der Waals surface area (Å²) in [6.07, 6.45) is 2.39. The Kier molecular flexibility index (Phi) is 7.65. The van der Waals surface area contributed by atoms with E-state index in [-0.39, 0.29) is 17.1 Å². The molecule has 3 aromatic rings. The molecular weight excluding hydrogens is 421 g/mol. The minimum absolute atomic E-state index is 0.0536. The van der Waals surface area contributed by atoms with E-state index in [1.165, 1.54) is 18.2 Å². The second kappa shape index (κ2) is 10.4. The van der Waals surface area contributed by atoms with Gasteiger partial charge in [-0.25, -0.2) is 14.2 Å². The molecule has 2 amide bonds. The number of urea groups is 1. The van der Waals surface area contributed by atoms with Crippen LogP contribution in [0.5, 0.6) is 5.88 Å². The van der Waals surface area contributed by atoms with Crippen LogP contribution in [0, 0.1) is 5.82 Å². The molecule has 6 nitrogen and oxygen atoms in total. The summed E-state index contributed by atoms with van der Waals surface area (Å²) in [4.78, 5) is 19.3. The van der Waals surface area contributed by atoms with Gasteiger partial charge in [-0.05, 0) is 43.0 Å². The molecule has 1 atom stereocenters. The zero-order chi connectivity index (χ0) is 22.4. The molecule has 164 valence electrons. The van der Waals surface area contributed by atoms with Gasteiger partial charge >= 0.3 is 6.03 Å². The number of nitrogens with one attached hydrogen (secondary N) is 1. The number of ether oxygens (including phenoxy) is 2. The number of pyridine rings is 1. The number of hydrogen-bond donors (Lipinski definition) is 1. The Hall–Kier alpha value is -2.90. The molecule has 2 aromatic carbocycles. The second-order valence-electron chi connectivity index (χ2n) is 7.04. The molecule has 0 aliphatic rings. The number of anilines is 1. The van der Waals surface area contributed by atoms with E-state index >= 15 is 0 Å². The van der Waals surface area contributed by atoms with E-state index in [0.29, 0.717) is 31.1 Å². The van der Waals surface area contributed by atoms with Crippen LogP contribution in [0.2, 0.25) is 5.02 Å². The Morgan fingerprint density at radius 2 is 1.97 bits per heavy atom. The lowest BCUT2D eigenvalue weighted by Crippen LogP contribution is -2.38. The first-order valence-electron chi connectivity index (χ1n) is 9.89. The van der Waals surface area contributed by atoms with Crippen LogP contribution in [-0.2, 0) is 4.74 Å². The number of methoxy groups -OCH3 is 2. The van der Waals surface area contributed by atoms with E-state index in [9.17, 15) is 9.18 Å². The Morgan fingerprint density at radius 3 is 2.65 bits per heavy atom. The van der Waals surface area contributed by atoms with Crippen LogP contribution in [0.25, 0.3) is 10.8 Å². The van der Waals surface area contributed by atoms with E-state index in [4.69, 9.17) is 21.1 Å². The molecule has 1 aromatic heterocycles. The van der Waals surface area contributed by atoms with Gasteiger partial charge in [-0.1, -0.05) is 29.8 Å². The number of amides is 2. The Labute approximate surface area is 185 Å². The number of rotatable bonds is 8. The van der Waals surface area contributed by atoms with Crippen molar-refractivity contribution in [2.45, 2.75) is 19.4 Å². The summed E-state index contributed by atoms with van der Waals surface area (Å²) in [5, 5.41) is 4.58. The smallest absolute Gasteiger partial charge is 0.322 e. The molecule has 0 bridgehead atoms. The third kappa shape index (κ3) is 5.24. The van der Waals surface area contributed by atoms with E-state index in [1.54, 1.807) is 25.3 Å². The van der Waals surface area contributed by atoms with Crippen LogP contribution >= 0.6 is 11.6 Å². The third-order valence-corrected chi connectivity index (χ3v) is 5.37. The topological polar surface area (TPSA) is 63.7 Å². The Balaban J connectivity index is 1.93. The summed E-state index contributed by atoms with van der Waals surface area (Å²) in [5.41, 5.74) is 1.30. The highest BCUT2D eigenvalue weighted by Crippen LogP contribution is 2.32. The van der Waals surface area contributed by atoms with Gasteiger partial charge in [-0.15, -0.1) is 0 Å². The lowest BCUT2D eigenvalue weighted by molar-refractivity contribution is 0.161. The largest absolute Gasteiger partial charge is 0.481 e. The highest BCUT2D eigenvalue weighted by atomic mass is 35.5. The van der Waals surface area contributed by atoms with Crippen LogP contribution in [0.1, 0.15) is 24.9 Å². The second-order valence-corrected chi connectivity index (χ2v) is 7.45. The van der Waals surface area contributed by atoms with Crippen molar-refractivity contribution in [1.82, 2.24) is 9.88 Å². The van der Waals surface area contributed by atoms with Crippen LogP contribution in [0.3, 0.4) is 0 Å². The number of hydrogen-bond acceptors (Lipinski definition) is 4. The predicted octanol–water partition coefficient (Wildman–Crippen LogP) is 5.67. The number of nitrogens with zero attached hydrogens (tertiary/aromatic N) is 2. The molecule has 31 heavy (non-hydrogen) atoms. The van der Waals surface area contributed by atoms with Gasteiger partial charge in [0.2, 0.25) is 5.88 Å². The first kappa shape index (κ1) is 22.8. The minimum Gasteiger partial charge on any atom is -0.481 e. The third-order valence-electron chi connectivity index (χ3n) is 5.08. The number of fused-ring (bicyclic) bond motifs is 1. The number of halogens is 2. The van der Waals surface area contributed by atoms with Crippen LogP contribution < -0.4 is 10.1 Å². The molecule has 0 saturated carbocycles. The summed E-state index contributed by atoms with van der Waals surface area (Å²) in [6, 6.07) is 11.2. The first-order chi connectivity index (χ1) is 15.0. The molecule has 1 heterocycles. The van der Waals surface area contributed by atoms with Gasteiger partial charge in [0.05, 0.1) is 18.2 Å². The molecule has 0 fully saturated rings. The van der Waals surface area contributed by atoms with Crippen molar-refractivity contribution in [1.29, 1.82) is 0 Å². The Morgan fingerprint density at radius 1 is 1.23 bits per heavy atom. The number of carbonyl (C=O) groups is 1. The minimum atomic E-state index is -0.541. The lowest BCUT2D eigenvalue weighted by Gasteiger charge is -2.30. The quantitative estimate of drug-likeness (QED) is 0.454. The van der Waals surface area contributed by atoms with Gasteiger partial charge in [-0.3, -0.25) is 0 Å². The molecule has 3 rings (SSSR count). The van der Waals surface area contributed by atoms with Gasteiger partial charge in [0.15, 0.2) is 0 Å². The molecular formula is C23H25ClFN3O3. The zero-order valence-corrected chi connectivity index (χ0v) is 18.4. The lowest BCUT2D eigenvalue weighted by atomic mass is 10.0. The fraction of sp³-hybridized carbons (Fsp3) is 0.304. The first-order valence-corrected chi connectivity index (χ1v) is 10.3. The van der Waals surface area contributed by atoms with Crippen molar-refractivity contribution in [3.05, 3.63) is 65.1 Å². The summed E-state index contributed by atoms with van der Waals surface area (Å²) in [5.74, 6) is -0.0105. The van der Waals surface area contributed by atoms with E-state index in [0.717, 1.165) is 16.3 Å². The molecule has 0 radical (unpaired) electrons. The highest BCUT2D eigenvalue weighted by molar-refractivity contribution is 6.31. The van der Waals surface area contributed by atoms with Gasteiger partial charge in [0, 0.05) is 43.1 Å². The van der Waals surface area contributed by atoms with Crippen LogP contribution in [-0.4, -0.2) is 43.3 Å². The predicted molar refractivity (Wildman–Crippen MR) is 120 cm³/mol. The molecule has 1 N–H and O–H groups in total. The van der Waals surface area contributed by atoms with Crippen molar-refractivity contribution in [3.63, 3.8) is 0 Å². The van der Waals surface area contributed by atoms with Crippen molar-refractivity contribution >= 4 is 34.1 Å². The summed E-state index contributed by atoms with van der Waals surface area (Å²) < 4.78 is 24.0. The molecule has 0 aliphatic carbocycles. The normalized spacial score (nSPS) is 11.9. The van der Waals surface area contributed by atoms with Crippen molar-refractivity contribution in [3.8, 4) is 5.88 Å². The Bertz CT molecular complexity index is 1060. The average Bonchev–Trinajstić information content (AvgIpc) is 2.78. The van der Waals surface area contributed by atoms with E-state index < -0.39 is 5.82 Å². The number of benzene rings is 2. The fourth-order valence-corrected chi connectivity index (χ4v) is 3.65. The SMILES string of the molecule is COCCCN(C(=O)Nc1ccc(F)c(Cl)c1)[C@@H](C)c1cnc(OC)c2ccccc12. The number of aromatic nitrogens is 1. The van der Waals surface area contributed by atoms with Crippen LogP contribution in [0.4, 0.5) is 14.9 Å². The van der Waals surface area contributed by atoms with Gasteiger partial charge in [-0.2, -0.15) is 0 Å².